The minimum absolute atomic E-state index is 0.231. The molecule has 2 aromatic carbocycles. The van der Waals surface area contributed by atoms with Crippen molar-refractivity contribution in [3.63, 3.8) is 0 Å². The SMILES string of the molecule is CC(C)(C)C(O)(c1ccccc1OC(=O)Oc1ccccc1C(O)(C(C)(C)C)C(C)(C)C)C(C)(C)C. The van der Waals surface area contributed by atoms with Crippen LogP contribution in [0.2, 0.25) is 0 Å². The average molecular weight is 499 g/mol. The Bertz CT molecular complexity index is 958. The fraction of sp³-hybridized carbons (Fsp3) is 0.581. The summed E-state index contributed by atoms with van der Waals surface area (Å²) < 4.78 is 11.4. The average Bonchev–Trinajstić information content (AvgIpc) is 2.70. The first kappa shape index (κ1) is 29.9. The Kier molecular flexibility index (Phi) is 7.88. The molecule has 0 aliphatic rings. The Balaban J connectivity index is 2.54. The van der Waals surface area contributed by atoms with E-state index in [4.69, 9.17) is 9.47 Å². The molecule has 36 heavy (non-hydrogen) atoms. The van der Waals surface area contributed by atoms with Crippen LogP contribution in [-0.4, -0.2) is 16.4 Å². The zero-order valence-corrected chi connectivity index (χ0v) is 24.2. The van der Waals surface area contributed by atoms with Gasteiger partial charge in [-0.15, -0.1) is 0 Å². The largest absolute Gasteiger partial charge is 0.519 e. The van der Waals surface area contributed by atoms with Gasteiger partial charge < -0.3 is 19.7 Å². The van der Waals surface area contributed by atoms with Gasteiger partial charge in [-0.25, -0.2) is 4.79 Å². The summed E-state index contributed by atoms with van der Waals surface area (Å²) in [5, 5.41) is 24.0. The van der Waals surface area contributed by atoms with E-state index < -0.39 is 39.0 Å². The summed E-state index contributed by atoms with van der Waals surface area (Å²) in [7, 11) is 0. The fourth-order valence-corrected chi connectivity index (χ4v) is 5.78. The van der Waals surface area contributed by atoms with Gasteiger partial charge in [-0.05, 0) is 33.8 Å². The molecule has 2 N–H and O–H groups in total. The Morgan fingerprint density at radius 2 is 0.778 bits per heavy atom. The van der Waals surface area contributed by atoms with Gasteiger partial charge in [0.25, 0.3) is 0 Å². The van der Waals surface area contributed by atoms with Crippen LogP contribution in [0.4, 0.5) is 4.79 Å². The molecular weight excluding hydrogens is 452 g/mol. The van der Waals surface area contributed by atoms with Gasteiger partial charge in [-0.2, -0.15) is 0 Å². The lowest BCUT2D eigenvalue weighted by Gasteiger charge is -2.50. The monoisotopic (exact) mass is 498 g/mol. The molecule has 0 saturated carbocycles. The van der Waals surface area contributed by atoms with Gasteiger partial charge in [0.15, 0.2) is 0 Å². The van der Waals surface area contributed by atoms with E-state index in [2.05, 4.69) is 0 Å². The van der Waals surface area contributed by atoms with Crippen LogP contribution in [0.1, 0.15) is 94.2 Å². The van der Waals surface area contributed by atoms with Gasteiger partial charge in [0, 0.05) is 11.1 Å². The van der Waals surface area contributed by atoms with Gasteiger partial charge in [0.1, 0.15) is 22.7 Å². The van der Waals surface area contributed by atoms with Crippen LogP contribution >= 0.6 is 0 Å². The highest BCUT2D eigenvalue weighted by molar-refractivity contribution is 5.69. The minimum atomic E-state index is -1.31. The van der Waals surface area contributed by atoms with Crippen molar-refractivity contribution >= 4 is 6.16 Å². The highest BCUT2D eigenvalue weighted by Gasteiger charge is 2.53. The third-order valence-corrected chi connectivity index (χ3v) is 7.28. The number of benzene rings is 2. The van der Waals surface area contributed by atoms with Crippen molar-refractivity contribution in [3.05, 3.63) is 59.7 Å². The van der Waals surface area contributed by atoms with Crippen LogP contribution in [0.25, 0.3) is 0 Å². The van der Waals surface area contributed by atoms with Crippen molar-refractivity contribution in [2.24, 2.45) is 21.7 Å². The van der Waals surface area contributed by atoms with Crippen molar-refractivity contribution in [1.29, 1.82) is 0 Å². The summed E-state index contributed by atoms with van der Waals surface area (Å²) in [6, 6.07) is 14.0. The lowest BCUT2D eigenvalue weighted by Crippen LogP contribution is -2.50. The molecule has 5 heteroatoms. The molecule has 5 nitrogen and oxygen atoms in total. The summed E-state index contributed by atoms with van der Waals surface area (Å²) in [6.07, 6.45) is -0.940. The summed E-state index contributed by atoms with van der Waals surface area (Å²) >= 11 is 0. The third-order valence-electron chi connectivity index (χ3n) is 7.28. The van der Waals surface area contributed by atoms with Gasteiger partial charge in [0.2, 0.25) is 0 Å². The van der Waals surface area contributed by atoms with Crippen LogP contribution in [0.15, 0.2) is 48.5 Å². The van der Waals surface area contributed by atoms with Crippen molar-refractivity contribution in [2.45, 2.75) is 94.3 Å². The van der Waals surface area contributed by atoms with Crippen LogP contribution in [-0.2, 0) is 11.2 Å². The fourth-order valence-electron chi connectivity index (χ4n) is 5.78. The molecule has 2 rings (SSSR count). The Labute approximate surface area is 217 Å². The van der Waals surface area contributed by atoms with E-state index in [0.717, 1.165) is 0 Å². The summed E-state index contributed by atoms with van der Waals surface area (Å²) in [4.78, 5) is 13.1. The quantitative estimate of drug-likeness (QED) is 0.332. The second kappa shape index (κ2) is 9.50. The Morgan fingerprint density at radius 3 is 1.03 bits per heavy atom. The third kappa shape index (κ3) is 5.19. The number of para-hydroxylation sites is 2. The van der Waals surface area contributed by atoms with Crippen LogP contribution < -0.4 is 9.47 Å². The maximum atomic E-state index is 13.1. The molecule has 0 fully saturated rings. The normalized spacial score (nSPS) is 13.9. The Morgan fingerprint density at radius 1 is 0.528 bits per heavy atom. The predicted molar refractivity (Wildman–Crippen MR) is 145 cm³/mol. The van der Waals surface area contributed by atoms with Crippen molar-refractivity contribution in [2.75, 3.05) is 0 Å². The second-order valence-corrected chi connectivity index (χ2v) is 13.9. The lowest BCUT2D eigenvalue weighted by atomic mass is 9.59. The van der Waals surface area contributed by atoms with Crippen LogP contribution in [0, 0.1) is 21.7 Å². The highest BCUT2D eigenvalue weighted by Crippen LogP contribution is 2.55. The molecule has 0 saturated heterocycles. The predicted octanol–water partition coefficient (Wildman–Crippen LogP) is 7.82. The van der Waals surface area contributed by atoms with Gasteiger partial charge in [-0.1, -0.05) is 119 Å². The number of carbonyl (C=O) groups excluding carboxylic acids is 1. The van der Waals surface area contributed by atoms with E-state index in [1.807, 2.05) is 95.2 Å². The second-order valence-electron chi connectivity index (χ2n) is 13.9. The molecular formula is C31H46O5. The first-order valence-corrected chi connectivity index (χ1v) is 12.6. The van der Waals surface area contributed by atoms with Crippen molar-refractivity contribution < 1.29 is 24.5 Å². The molecule has 0 aromatic heterocycles. The van der Waals surface area contributed by atoms with Crippen LogP contribution in [0.5, 0.6) is 11.5 Å². The van der Waals surface area contributed by atoms with E-state index in [9.17, 15) is 15.0 Å². The summed E-state index contributed by atoms with van der Waals surface area (Å²) in [5.41, 5.74) is -3.84. The molecule has 0 amide bonds. The molecule has 0 radical (unpaired) electrons. The zero-order valence-electron chi connectivity index (χ0n) is 24.2. The first-order valence-electron chi connectivity index (χ1n) is 12.6. The van der Waals surface area contributed by atoms with E-state index in [1.54, 1.807) is 36.4 Å². The standard InChI is InChI=1S/C31H46O5/c1-26(2,3)30(33,27(4,5)6)21-17-13-15-19-23(21)35-25(32)36-24-20-16-14-18-22(24)31(34,28(7,8)9)29(10,11)12/h13-20,33-34H,1-12H3. The molecule has 200 valence electrons. The number of carbonyl (C=O) groups is 1. The minimum Gasteiger partial charge on any atom is -0.394 e. The molecule has 2 aromatic rings. The topological polar surface area (TPSA) is 76.0 Å². The maximum absolute atomic E-state index is 13.1. The lowest BCUT2D eigenvalue weighted by molar-refractivity contribution is -0.146. The summed E-state index contributed by atoms with van der Waals surface area (Å²) in [5.74, 6) is 0.462. The number of hydrogen-bond donors (Lipinski definition) is 2. The maximum Gasteiger partial charge on any atom is 0.519 e. The Hall–Kier alpha value is -2.37. The molecule has 0 heterocycles. The molecule has 0 unspecified atom stereocenters. The smallest absolute Gasteiger partial charge is 0.394 e. The van der Waals surface area contributed by atoms with Gasteiger partial charge in [0.05, 0.1) is 0 Å². The number of aliphatic hydroxyl groups is 2. The molecule has 0 aliphatic heterocycles. The zero-order chi connectivity index (χ0) is 28.0. The van der Waals surface area contributed by atoms with Crippen molar-refractivity contribution in [1.82, 2.24) is 0 Å². The molecule has 0 atom stereocenters. The van der Waals surface area contributed by atoms with E-state index in [-0.39, 0.29) is 11.5 Å². The first-order chi connectivity index (χ1) is 16.1. The van der Waals surface area contributed by atoms with Crippen LogP contribution in [0.3, 0.4) is 0 Å². The molecule has 0 spiro atoms. The molecule has 0 aliphatic carbocycles. The molecule has 0 bridgehead atoms. The van der Waals surface area contributed by atoms with E-state index in [0.29, 0.717) is 11.1 Å². The van der Waals surface area contributed by atoms with Gasteiger partial charge in [-0.3, -0.25) is 0 Å². The van der Waals surface area contributed by atoms with E-state index >= 15 is 0 Å². The highest BCUT2D eigenvalue weighted by atomic mass is 16.7. The van der Waals surface area contributed by atoms with E-state index in [1.165, 1.54) is 0 Å². The number of hydrogen-bond acceptors (Lipinski definition) is 5. The number of rotatable bonds is 4. The summed E-state index contributed by atoms with van der Waals surface area (Å²) in [6.45, 7) is 23.5. The van der Waals surface area contributed by atoms with Gasteiger partial charge >= 0.3 is 6.16 Å². The van der Waals surface area contributed by atoms with Crippen molar-refractivity contribution in [3.8, 4) is 11.5 Å². The number of ether oxygens (including phenoxy) is 2.